The number of rotatable bonds is 2. The van der Waals surface area contributed by atoms with Gasteiger partial charge in [-0.2, -0.15) is 0 Å². The molecule has 0 bridgehead atoms. The first-order valence-corrected chi connectivity index (χ1v) is 5.65. The van der Waals surface area contributed by atoms with E-state index in [1.807, 2.05) is 0 Å². The standard InChI is InChI=1S/C12H19N3/c1-12(2,3)15-11-7-10(13-8-14-11)9-5-4-6-9/h7-9H,4-6H2,1-3H3,(H,13,14,15). The second kappa shape index (κ2) is 3.80. The average Bonchev–Trinajstić information content (AvgIpc) is 1.97. The van der Waals surface area contributed by atoms with Crippen LogP contribution >= 0.6 is 0 Å². The van der Waals surface area contributed by atoms with Crippen LogP contribution in [-0.4, -0.2) is 15.5 Å². The summed E-state index contributed by atoms with van der Waals surface area (Å²) in [6, 6.07) is 2.09. The molecule has 15 heavy (non-hydrogen) atoms. The second-order valence-corrected chi connectivity index (χ2v) is 5.33. The molecular formula is C12H19N3. The van der Waals surface area contributed by atoms with Gasteiger partial charge in [-0.3, -0.25) is 0 Å². The van der Waals surface area contributed by atoms with Crippen molar-refractivity contribution in [2.24, 2.45) is 0 Å². The van der Waals surface area contributed by atoms with E-state index in [2.05, 4.69) is 42.1 Å². The van der Waals surface area contributed by atoms with Crippen molar-refractivity contribution in [3.05, 3.63) is 18.1 Å². The van der Waals surface area contributed by atoms with Gasteiger partial charge in [0.25, 0.3) is 0 Å². The molecule has 0 spiro atoms. The van der Waals surface area contributed by atoms with Crippen molar-refractivity contribution in [2.45, 2.75) is 51.5 Å². The van der Waals surface area contributed by atoms with Crippen LogP contribution in [0.1, 0.15) is 51.6 Å². The van der Waals surface area contributed by atoms with E-state index >= 15 is 0 Å². The Bertz CT molecular complexity index is 337. The van der Waals surface area contributed by atoms with E-state index in [1.54, 1.807) is 6.33 Å². The number of anilines is 1. The normalized spacial score (nSPS) is 17.3. The molecule has 0 saturated heterocycles. The summed E-state index contributed by atoms with van der Waals surface area (Å²) in [7, 11) is 0. The molecule has 1 heterocycles. The molecule has 0 unspecified atom stereocenters. The number of nitrogens with one attached hydrogen (secondary N) is 1. The molecule has 1 aliphatic carbocycles. The van der Waals surface area contributed by atoms with E-state index in [0.29, 0.717) is 5.92 Å². The van der Waals surface area contributed by atoms with Crippen molar-refractivity contribution in [3.8, 4) is 0 Å². The van der Waals surface area contributed by atoms with Crippen LogP contribution < -0.4 is 5.32 Å². The number of nitrogens with zero attached hydrogens (tertiary/aromatic N) is 2. The first-order chi connectivity index (χ1) is 7.04. The predicted molar refractivity (Wildman–Crippen MR) is 62.0 cm³/mol. The van der Waals surface area contributed by atoms with Gasteiger partial charge < -0.3 is 5.32 Å². The molecule has 1 saturated carbocycles. The Morgan fingerprint density at radius 1 is 1.27 bits per heavy atom. The molecule has 0 radical (unpaired) electrons. The molecule has 1 aromatic heterocycles. The van der Waals surface area contributed by atoms with E-state index in [-0.39, 0.29) is 5.54 Å². The minimum Gasteiger partial charge on any atom is -0.365 e. The zero-order valence-corrected chi connectivity index (χ0v) is 9.75. The molecule has 0 aromatic carbocycles. The van der Waals surface area contributed by atoms with Crippen LogP contribution in [0.2, 0.25) is 0 Å². The molecule has 1 aliphatic rings. The second-order valence-electron chi connectivity index (χ2n) is 5.33. The molecule has 82 valence electrons. The largest absolute Gasteiger partial charge is 0.365 e. The lowest BCUT2D eigenvalue weighted by atomic mass is 9.83. The third-order valence-electron chi connectivity index (χ3n) is 2.71. The lowest BCUT2D eigenvalue weighted by Crippen LogP contribution is -2.27. The highest BCUT2D eigenvalue weighted by Crippen LogP contribution is 2.35. The van der Waals surface area contributed by atoms with Crippen molar-refractivity contribution >= 4 is 5.82 Å². The van der Waals surface area contributed by atoms with Crippen molar-refractivity contribution in [1.82, 2.24) is 9.97 Å². The van der Waals surface area contributed by atoms with Gasteiger partial charge in [-0.15, -0.1) is 0 Å². The Balaban J connectivity index is 2.11. The van der Waals surface area contributed by atoms with Gasteiger partial charge in [0, 0.05) is 23.2 Å². The van der Waals surface area contributed by atoms with Gasteiger partial charge >= 0.3 is 0 Å². The molecule has 3 nitrogen and oxygen atoms in total. The summed E-state index contributed by atoms with van der Waals surface area (Å²) in [5.74, 6) is 1.62. The summed E-state index contributed by atoms with van der Waals surface area (Å²) in [6.45, 7) is 6.41. The molecule has 0 aliphatic heterocycles. The summed E-state index contributed by atoms with van der Waals surface area (Å²) >= 11 is 0. The van der Waals surface area contributed by atoms with Gasteiger partial charge in [-0.05, 0) is 33.6 Å². The maximum Gasteiger partial charge on any atom is 0.130 e. The summed E-state index contributed by atoms with van der Waals surface area (Å²) < 4.78 is 0. The number of hydrogen-bond acceptors (Lipinski definition) is 3. The molecule has 1 N–H and O–H groups in total. The quantitative estimate of drug-likeness (QED) is 0.806. The maximum absolute atomic E-state index is 4.34. The van der Waals surface area contributed by atoms with E-state index in [0.717, 1.165) is 5.82 Å². The first-order valence-electron chi connectivity index (χ1n) is 5.65. The number of aromatic nitrogens is 2. The van der Waals surface area contributed by atoms with Gasteiger partial charge in [0.15, 0.2) is 0 Å². The summed E-state index contributed by atoms with van der Waals surface area (Å²) in [6.07, 6.45) is 5.58. The van der Waals surface area contributed by atoms with Crippen LogP contribution in [0.25, 0.3) is 0 Å². The SMILES string of the molecule is CC(C)(C)Nc1cc(C2CCC2)ncn1. The van der Waals surface area contributed by atoms with Gasteiger partial charge in [0.1, 0.15) is 12.1 Å². The van der Waals surface area contributed by atoms with Crippen LogP contribution in [0.4, 0.5) is 5.82 Å². The topological polar surface area (TPSA) is 37.8 Å². The fourth-order valence-corrected chi connectivity index (χ4v) is 1.75. The first kappa shape index (κ1) is 10.4. The van der Waals surface area contributed by atoms with Crippen LogP contribution in [0.15, 0.2) is 12.4 Å². The molecule has 0 amide bonds. The fourth-order valence-electron chi connectivity index (χ4n) is 1.75. The Morgan fingerprint density at radius 3 is 2.53 bits per heavy atom. The summed E-state index contributed by atoms with van der Waals surface area (Å²) in [5.41, 5.74) is 1.26. The van der Waals surface area contributed by atoms with Crippen molar-refractivity contribution in [1.29, 1.82) is 0 Å². The molecule has 1 aromatic rings. The monoisotopic (exact) mass is 205 g/mol. The zero-order valence-electron chi connectivity index (χ0n) is 9.75. The molecule has 2 rings (SSSR count). The van der Waals surface area contributed by atoms with Crippen LogP contribution in [0, 0.1) is 0 Å². The van der Waals surface area contributed by atoms with Gasteiger partial charge in [0.05, 0.1) is 0 Å². The van der Waals surface area contributed by atoms with E-state index in [1.165, 1.54) is 25.0 Å². The Kier molecular flexibility index (Phi) is 2.63. The minimum absolute atomic E-state index is 0.0608. The molecule has 3 heteroatoms. The molecule has 1 fully saturated rings. The zero-order chi connectivity index (χ0) is 10.9. The van der Waals surface area contributed by atoms with Crippen LogP contribution in [0.3, 0.4) is 0 Å². The van der Waals surface area contributed by atoms with Gasteiger partial charge in [0.2, 0.25) is 0 Å². The van der Waals surface area contributed by atoms with Crippen molar-refractivity contribution < 1.29 is 0 Å². The smallest absolute Gasteiger partial charge is 0.130 e. The Labute approximate surface area is 91.3 Å². The highest BCUT2D eigenvalue weighted by molar-refractivity contribution is 5.38. The third kappa shape index (κ3) is 2.67. The maximum atomic E-state index is 4.34. The highest BCUT2D eigenvalue weighted by Gasteiger charge is 2.21. The Hall–Kier alpha value is -1.12. The van der Waals surface area contributed by atoms with E-state index in [9.17, 15) is 0 Å². The van der Waals surface area contributed by atoms with Crippen LogP contribution in [0.5, 0.6) is 0 Å². The van der Waals surface area contributed by atoms with Crippen LogP contribution in [-0.2, 0) is 0 Å². The summed E-state index contributed by atoms with van der Waals surface area (Å²) in [5, 5.41) is 3.37. The van der Waals surface area contributed by atoms with Gasteiger partial charge in [-0.1, -0.05) is 6.42 Å². The van der Waals surface area contributed by atoms with Crippen molar-refractivity contribution in [3.63, 3.8) is 0 Å². The lowest BCUT2D eigenvalue weighted by Gasteiger charge is -2.26. The van der Waals surface area contributed by atoms with E-state index < -0.39 is 0 Å². The fraction of sp³-hybridized carbons (Fsp3) is 0.667. The van der Waals surface area contributed by atoms with E-state index in [4.69, 9.17) is 0 Å². The Morgan fingerprint density at radius 2 is 2.00 bits per heavy atom. The summed E-state index contributed by atoms with van der Waals surface area (Å²) in [4.78, 5) is 8.58. The number of hydrogen-bond donors (Lipinski definition) is 1. The lowest BCUT2D eigenvalue weighted by molar-refractivity contribution is 0.410. The van der Waals surface area contributed by atoms with Gasteiger partial charge in [-0.25, -0.2) is 9.97 Å². The highest BCUT2D eigenvalue weighted by atomic mass is 15.1. The van der Waals surface area contributed by atoms with Crippen molar-refractivity contribution in [2.75, 3.05) is 5.32 Å². The molecular weight excluding hydrogens is 186 g/mol. The average molecular weight is 205 g/mol. The third-order valence-corrected chi connectivity index (χ3v) is 2.71. The predicted octanol–water partition coefficient (Wildman–Crippen LogP) is 2.95. The molecule has 0 atom stereocenters. The minimum atomic E-state index is 0.0608.